The molecule has 5 aromatic rings. The quantitative estimate of drug-likeness (QED) is 0.0911. The molecule has 74 heavy (non-hydrogen) atoms. The van der Waals surface area contributed by atoms with E-state index >= 15 is 0 Å². The Balaban J connectivity index is 0.825. The lowest BCUT2D eigenvalue weighted by molar-refractivity contribution is -0.384. The maximum absolute atomic E-state index is 14.8. The summed E-state index contributed by atoms with van der Waals surface area (Å²) in [6.07, 6.45) is 6.19. The van der Waals surface area contributed by atoms with Gasteiger partial charge in [0.15, 0.2) is 11.4 Å². The van der Waals surface area contributed by atoms with Gasteiger partial charge in [-0.15, -0.1) is 0 Å². The van der Waals surface area contributed by atoms with E-state index in [1.165, 1.54) is 11.6 Å². The third-order valence-electron chi connectivity index (χ3n) is 16.1. The average Bonchev–Trinajstić information content (AvgIpc) is 3.86. The highest BCUT2D eigenvalue weighted by atomic mass is 32.2. The van der Waals surface area contributed by atoms with E-state index in [2.05, 4.69) is 66.7 Å². The van der Waals surface area contributed by atoms with Crippen LogP contribution in [-0.2, 0) is 24.2 Å². The van der Waals surface area contributed by atoms with Crippen LogP contribution in [-0.4, -0.2) is 155 Å². The summed E-state index contributed by atoms with van der Waals surface area (Å²) in [7, 11) is -4.71. The normalized spacial score (nSPS) is 24.2. The molecule has 1 aliphatic carbocycles. The highest BCUT2D eigenvalue weighted by Gasteiger charge is 2.50. The first-order chi connectivity index (χ1) is 35.9. The Kier molecular flexibility index (Phi) is 13.0. The van der Waals surface area contributed by atoms with Gasteiger partial charge in [-0.2, -0.15) is 4.98 Å². The van der Waals surface area contributed by atoms with Gasteiger partial charge in [-0.3, -0.25) is 24.7 Å². The van der Waals surface area contributed by atoms with Crippen LogP contribution in [0, 0.1) is 15.5 Å². The largest absolute Gasteiger partial charge is 0.491 e. The summed E-state index contributed by atoms with van der Waals surface area (Å²) in [4.78, 5) is 43.5. The number of nitro groups is 1. The van der Waals surface area contributed by atoms with Gasteiger partial charge in [-0.25, -0.2) is 13.1 Å². The van der Waals surface area contributed by atoms with Crippen molar-refractivity contribution in [2.24, 2.45) is 5.41 Å². The van der Waals surface area contributed by atoms with Crippen LogP contribution in [0.15, 0.2) is 77.8 Å². The number of amides is 1. The number of hydrogen-bond donors (Lipinski definition) is 3. The van der Waals surface area contributed by atoms with Gasteiger partial charge in [0.05, 0.1) is 78.3 Å². The second-order valence-electron chi connectivity index (χ2n) is 21.0. The van der Waals surface area contributed by atoms with Crippen molar-refractivity contribution in [1.82, 2.24) is 24.5 Å². The number of para-hydroxylation sites is 1. The Labute approximate surface area is 429 Å². The number of ether oxygens (including phenoxy) is 6. The lowest BCUT2D eigenvalue weighted by atomic mass is 9.59. The molecule has 2 aromatic heterocycles. The Hall–Kier alpha value is -6.23. The fraction of sp³-hybridized carbons (Fsp3) is 0.509. The van der Waals surface area contributed by atoms with Crippen LogP contribution in [0.5, 0.6) is 17.4 Å². The fourth-order valence-corrected chi connectivity index (χ4v) is 13.3. The molecule has 12 rings (SSSR count). The number of benzene rings is 3. The lowest BCUT2D eigenvalue weighted by Crippen LogP contribution is -2.57. The summed E-state index contributed by atoms with van der Waals surface area (Å²) < 4.78 is 67.3. The maximum Gasteiger partial charge on any atom is 0.297 e. The van der Waals surface area contributed by atoms with Crippen LogP contribution in [0.1, 0.15) is 67.9 Å². The number of piperidine rings is 1. The van der Waals surface area contributed by atoms with Gasteiger partial charge in [0, 0.05) is 86.9 Å². The van der Waals surface area contributed by atoms with Crippen LogP contribution >= 0.6 is 0 Å². The van der Waals surface area contributed by atoms with Crippen molar-refractivity contribution in [2.45, 2.75) is 87.2 Å². The Morgan fingerprint density at radius 3 is 2.54 bits per heavy atom. The zero-order chi connectivity index (χ0) is 50.7. The van der Waals surface area contributed by atoms with Gasteiger partial charge in [-0.1, -0.05) is 18.2 Å². The van der Waals surface area contributed by atoms with Crippen LogP contribution < -0.4 is 34.0 Å². The van der Waals surface area contributed by atoms with E-state index in [1.54, 1.807) is 12.3 Å². The molecule has 392 valence electrons. The number of carbonyl (C=O) groups is 1. The topological polar surface area (TPSA) is 215 Å². The molecule has 20 nitrogen and oxygen atoms in total. The number of sulfonamides is 1. The number of nitrogens with one attached hydrogen (secondary N) is 3. The predicted molar refractivity (Wildman–Crippen MR) is 276 cm³/mol. The smallest absolute Gasteiger partial charge is 0.297 e. The van der Waals surface area contributed by atoms with Gasteiger partial charge < -0.3 is 48.5 Å². The number of nitro benzene ring substituents is 1. The number of fused-ring (bicyclic) bond motifs is 4. The number of aromatic nitrogens is 2. The summed E-state index contributed by atoms with van der Waals surface area (Å²) in [5, 5.41) is 16.6. The fourth-order valence-electron chi connectivity index (χ4n) is 12.3. The first kappa shape index (κ1) is 48.7. The zero-order valence-electron chi connectivity index (χ0n) is 41.7. The summed E-state index contributed by atoms with van der Waals surface area (Å²) in [5.41, 5.74) is 3.73. The predicted octanol–water partition coefficient (Wildman–Crippen LogP) is 6.39. The summed E-state index contributed by atoms with van der Waals surface area (Å²) >= 11 is 0. The van der Waals surface area contributed by atoms with E-state index in [9.17, 15) is 23.3 Å². The molecule has 0 radical (unpaired) electrons. The van der Waals surface area contributed by atoms with Crippen LogP contribution in [0.2, 0.25) is 0 Å². The van der Waals surface area contributed by atoms with Crippen molar-refractivity contribution in [3.8, 4) is 17.4 Å². The van der Waals surface area contributed by atoms with E-state index in [1.807, 2.05) is 30.3 Å². The van der Waals surface area contributed by atoms with Crippen molar-refractivity contribution < 1.29 is 46.6 Å². The standard InChI is InChI=1S/C53H63N9O11S/c1-33(2)72-46-6-4-3-5-39(46)45-31-70-22-18-60(45)37-27-53(28-37)11-14-59(15-12-53)36-7-8-40(42(24-36)61-41-10-19-69-32-48(41)73-52-44(61)23-34-9-13-54-50(34)56-52)51(63)57-74(66,67)38-25-43(62(64)65)49-47(26-38)71-30-35(55-49)29-58-16-20-68-21-17-58/h3-9,13,23-26,33,35,37,41,45,48,55H,10-12,14-22,27-32H2,1-2H3,(H,54,56)(H,57,63)/t35-,41-,45-,48-/m0/s1. The average molecular weight is 1030 g/mol. The zero-order valence-corrected chi connectivity index (χ0v) is 42.5. The van der Waals surface area contributed by atoms with E-state index in [0.29, 0.717) is 81.6 Å². The molecule has 1 spiro atoms. The number of nitrogens with zero attached hydrogens (tertiary/aromatic N) is 6. The molecule has 0 unspecified atom stereocenters. The first-order valence-electron chi connectivity index (χ1n) is 26.0. The molecule has 3 aromatic carbocycles. The Morgan fingerprint density at radius 1 is 0.932 bits per heavy atom. The number of hydrogen-bond acceptors (Lipinski definition) is 17. The number of morpholine rings is 2. The number of aromatic amines is 1. The monoisotopic (exact) mass is 1030 g/mol. The van der Waals surface area contributed by atoms with Crippen LogP contribution in [0.25, 0.3) is 11.0 Å². The second-order valence-corrected chi connectivity index (χ2v) is 22.7. The van der Waals surface area contributed by atoms with Crippen molar-refractivity contribution in [1.29, 1.82) is 0 Å². The SMILES string of the molecule is CC(C)Oc1ccccc1[C@@H]1COCCN1C1CC2(CCN(c3ccc(C(=O)NS(=O)(=O)c4cc5c(c([N+](=O)[O-])c4)N[C@@H](CN4CCOCC4)CO5)c(N4c5cc6cc[nH]c6nc5O[C@H]5COCC[C@@H]54)c3)CC2)C1. The van der Waals surface area contributed by atoms with Gasteiger partial charge in [-0.05, 0) is 87.8 Å². The molecular formula is C53H63N9O11S. The van der Waals surface area contributed by atoms with Gasteiger partial charge in [0.25, 0.3) is 21.6 Å². The Morgan fingerprint density at radius 2 is 1.73 bits per heavy atom. The van der Waals surface area contributed by atoms with E-state index in [-0.39, 0.29) is 53.3 Å². The van der Waals surface area contributed by atoms with Gasteiger partial charge in [0.1, 0.15) is 29.8 Å². The van der Waals surface area contributed by atoms with Crippen molar-refractivity contribution in [3.05, 3.63) is 94.2 Å². The van der Waals surface area contributed by atoms with Crippen LogP contribution in [0.3, 0.4) is 0 Å². The molecule has 8 heterocycles. The first-order valence-corrected chi connectivity index (χ1v) is 27.5. The summed E-state index contributed by atoms with van der Waals surface area (Å²) in [6, 6.07) is 20.0. The second kappa shape index (κ2) is 19.8. The minimum Gasteiger partial charge on any atom is -0.491 e. The third-order valence-corrected chi connectivity index (χ3v) is 17.4. The summed E-state index contributed by atoms with van der Waals surface area (Å²) in [6.45, 7) is 12.0. The minimum atomic E-state index is -4.71. The number of anilines is 4. The van der Waals surface area contributed by atoms with Gasteiger partial charge in [0.2, 0.25) is 5.88 Å². The molecule has 21 heteroatoms. The highest BCUT2D eigenvalue weighted by Crippen LogP contribution is 2.54. The molecular weight excluding hydrogens is 971 g/mol. The number of H-pyrrole nitrogens is 1. The van der Waals surface area contributed by atoms with Crippen molar-refractivity contribution in [2.75, 3.05) is 101 Å². The highest BCUT2D eigenvalue weighted by molar-refractivity contribution is 7.90. The van der Waals surface area contributed by atoms with Crippen molar-refractivity contribution >= 4 is 55.4 Å². The van der Waals surface area contributed by atoms with E-state index < -0.39 is 37.5 Å². The molecule has 5 fully saturated rings. The van der Waals surface area contributed by atoms with E-state index in [0.717, 1.165) is 81.3 Å². The maximum atomic E-state index is 14.8. The molecule has 6 aliphatic heterocycles. The molecule has 1 amide bonds. The molecule has 4 saturated heterocycles. The molecule has 3 N–H and O–H groups in total. The molecule has 7 aliphatic rings. The number of pyridine rings is 1. The third kappa shape index (κ3) is 9.35. The minimum absolute atomic E-state index is 0.0124. The van der Waals surface area contributed by atoms with Crippen LogP contribution in [0.4, 0.5) is 28.4 Å². The van der Waals surface area contributed by atoms with E-state index in [4.69, 9.17) is 33.4 Å². The number of carbonyl (C=O) groups excluding carboxylic acids is 1. The lowest BCUT2D eigenvalue weighted by Gasteiger charge is -2.57. The molecule has 4 atom stereocenters. The summed E-state index contributed by atoms with van der Waals surface area (Å²) in [5.74, 6) is 0.384. The molecule has 1 saturated carbocycles. The Bertz CT molecular complexity index is 3040. The molecule has 0 bridgehead atoms. The van der Waals surface area contributed by atoms with Crippen molar-refractivity contribution in [3.63, 3.8) is 0 Å². The number of rotatable bonds is 12. The van der Waals surface area contributed by atoms with Gasteiger partial charge >= 0.3 is 0 Å².